The summed E-state index contributed by atoms with van der Waals surface area (Å²) in [7, 11) is 0. The molecule has 4 rings (SSSR count). The molecule has 25 heavy (non-hydrogen) atoms. The Hall–Kier alpha value is -2.10. The van der Waals surface area contributed by atoms with E-state index in [4.69, 9.17) is 11.6 Å². The van der Waals surface area contributed by atoms with Crippen LogP contribution < -0.4 is 0 Å². The van der Waals surface area contributed by atoms with E-state index >= 15 is 0 Å². The smallest absolute Gasteiger partial charge is 0.146 e. The Morgan fingerprint density at radius 2 is 1.72 bits per heavy atom. The van der Waals surface area contributed by atoms with E-state index in [2.05, 4.69) is 16.0 Å². The number of pyridine rings is 1. The molecule has 2 heterocycles. The zero-order chi connectivity index (χ0) is 17.2. The van der Waals surface area contributed by atoms with Crippen molar-refractivity contribution in [3.8, 4) is 5.75 Å². The minimum atomic E-state index is -0.0552. The van der Waals surface area contributed by atoms with Gasteiger partial charge in [-0.3, -0.25) is 9.88 Å². The predicted octanol–water partition coefficient (Wildman–Crippen LogP) is 5.17. The van der Waals surface area contributed by atoms with Crippen LogP contribution in [0.3, 0.4) is 0 Å². The van der Waals surface area contributed by atoms with Gasteiger partial charge in [0.05, 0.1) is 6.04 Å². The lowest BCUT2D eigenvalue weighted by Gasteiger charge is -2.36. The second-order valence-corrected chi connectivity index (χ2v) is 7.01. The molecule has 0 bridgehead atoms. The average Bonchev–Trinajstić information content (AvgIpc) is 2.66. The Kier molecular flexibility index (Phi) is 4.60. The number of hydrogen-bond acceptors (Lipinski definition) is 3. The third-order valence-corrected chi connectivity index (χ3v) is 5.37. The summed E-state index contributed by atoms with van der Waals surface area (Å²) in [4.78, 5) is 6.81. The third kappa shape index (κ3) is 3.10. The van der Waals surface area contributed by atoms with Crippen LogP contribution in [0.4, 0.5) is 0 Å². The molecule has 1 atom stereocenters. The molecule has 2 aromatic carbocycles. The normalized spacial score (nSPS) is 16.8. The topological polar surface area (TPSA) is 36.4 Å². The van der Waals surface area contributed by atoms with Crippen molar-refractivity contribution < 1.29 is 5.11 Å². The minimum absolute atomic E-state index is 0.0552. The van der Waals surface area contributed by atoms with E-state index in [1.165, 1.54) is 19.3 Å². The summed E-state index contributed by atoms with van der Waals surface area (Å²) in [5.41, 5.74) is 2.56. The van der Waals surface area contributed by atoms with Crippen molar-refractivity contribution in [3.05, 3.63) is 70.9 Å². The van der Waals surface area contributed by atoms with Crippen molar-refractivity contribution in [2.75, 3.05) is 13.1 Å². The Morgan fingerprint density at radius 1 is 0.920 bits per heavy atom. The highest BCUT2D eigenvalue weighted by molar-refractivity contribution is 6.31. The van der Waals surface area contributed by atoms with E-state index in [9.17, 15) is 5.11 Å². The molecule has 0 saturated carbocycles. The van der Waals surface area contributed by atoms with Gasteiger partial charge in [-0.05, 0) is 43.6 Å². The second-order valence-electron chi connectivity index (χ2n) is 6.60. The van der Waals surface area contributed by atoms with Crippen LogP contribution in [0.15, 0.2) is 54.7 Å². The lowest BCUT2D eigenvalue weighted by Crippen LogP contribution is -2.34. The van der Waals surface area contributed by atoms with E-state index in [0.29, 0.717) is 5.52 Å². The molecule has 128 valence electrons. The van der Waals surface area contributed by atoms with Crippen LogP contribution in [-0.4, -0.2) is 28.1 Å². The summed E-state index contributed by atoms with van der Waals surface area (Å²) in [5.74, 6) is 0.258. The molecule has 1 aromatic heterocycles. The summed E-state index contributed by atoms with van der Waals surface area (Å²) in [6, 6.07) is 15.8. The fraction of sp³-hybridized carbons (Fsp3) is 0.286. The monoisotopic (exact) mass is 352 g/mol. The van der Waals surface area contributed by atoms with Crippen molar-refractivity contribution in [3.63, 3.8) is 0 Å². The van der Waals surface area contributed by atoms with Crippen LogP contribution in [0.25, 0.3) is 10.9 Å². The van der Waals surface area contributed by atoms with Crippen LogP contribution >= 0.6 is 11.6 Å². The van der Waals surface area contributed by atoms with Gasteiger partial charge < -0.3 is 5.11 Å². The summed E-state index contributed by atoms with van der Waals surface area (Å²) < 4.78 is 0. The van der Waals surface area contributed by atoms with Crippen LogP contribution in [0, 0.1) is 0 Å². The molecule has 1 N–H and O–H groups in total. The van der Waals surface area contributed by atoms with Gasteiger partial charge in [-0.25, -0.2) is 0 Å². The van der Waals surface area contributed by atoms with Gasteiger partial charge in [0.1, 0.15) is 11.3 Å². The average molecular weight is 353 g/mol. The van der Waals surface area contributed by atoms with Crippen molar-refractivity contribution in [1.82, 2.24) is 9.88 Å². The molecule has 3 nitrogen and oxygen atoms in total. The molecule has 1 saturated heterocycles. The highest BCUT2D eigenvalue weighted by Gasteiger charge is 2.28. The maximum absolute atomic E-state index is 11.0. The van der Waals surface area contributed by atoms with E-state index in [0.717, 1.165) is 34.6 Å². The fourth-order valence-electron chi connectivity index (χ4n) is 3.80. The Morgan fingerprint density at radius 3 is 2.52 bits per heavy atom. The molecule has 1 aliphatic rings. The number of phenolic OH excluding ortho intramolecular Hbond substituents is 1. The van der Waals surface area contributed by atoms with Crippen molar-refractivity contribution in [2.45, 2.75) is 25.3 Å². The van der Waals surface area contributed by atoms with Crippen molar-refractivity contribution >= 4 is 22.5 Å². The predicted molar refractivity (Wildman–Crippen MR) is 102 cm³/mol. The molecule has 0 spiro atoms. The Bertz CT molecular complexity index is 890. The highest BCUT2D eigenvalue weighted by Crippen LogP contribution is 2.40. The fourth-order valence-corrected chi connectivity index (χ4v) is 4.04. The van der Waals surface area contributed by atoms with Crippen molar-refractivity contribution in [1.29, 1.82) is 0 Å². The van der Waals surface area contributed by atoms with Gasteiger partial charge in [0.25, 0.3) is 0 Å². The molecule has 1 fully saturated rings. The van der Waals surface area contributed by atoms with Gasteiger partial charge in [-0.2, -0.15) is 0 Å². The number of rotatable bonds is 3. The zero-order valence-corrected chi connectivity index (χ0v) is 14.8. The number of halogens is 1. The number of piperidine rings is 1. The maximum atomic E-state index is 11.0. The first-order chi connectivity index (χ1) is 12.3. The standard InChI is InChI=1S/C21H21ClN2O/c22-18-9-3-2-8-16(18)20(24-13-4-1-5-14-24)17-11-10-15-7-6-12-23-19(15)21(17)25/h2-3,6-12,20,25H,1,4-5,13-14H2/t20-/m1/s1. The lowest BCUT2D eigenvalue weighted by molar-refractivity contribution is 0.185. The number of likely N-dealkylation sites (tertiary alicyclic amines) is 1. The first-order valence-electron chi connectivity index (χ1n) is 8.81. The second kappa shape index (κ2) is 7.03. The Balaban J connectivity index is 1.89. The van der Waals surface area contributed by atoms with Crippen LogP contribution in [0.2, 0.25) is 5.02 Å². The summed E-state index contributed by atoms with van der Waals surface area (Å²) in [6.07, 6.45) is 5.33. The number of nitrogens with zero attached hydrogens (tertiary/aromatic N) is 2. The number of hydrogen-bond donors (Lipinski definition) is 1. The number of aromatic nitrogens is 1. The zero-order valence-electron chi connectivity index (χ0n) is 14.0. The molecule has 3 aromatic rings. The van der Waals surface area contributed by atoms with Crippen LogP contribution in [0.1, 0.15) is 36.4 Å². The maximum Gasteiger partial charge on any atom is 0.146 e. The summed E-state index contributed by atoms with van der Waals surface area (Å²) in [5, 5.41) is 12.7. The quantitative estimate of drug-likeness (QED) is 0.706. The number of aromatic hydroxyl groups is 1. The molecule has 0 radical (unpaired) electrons. The molecule has 0 aliphatic carbocycles. The minimum Gasteiger partial charge on any atom is -0.505 e. The summed E-state index contributed by atoms with van der Waals surface area (Å²) >= 11 is 6.53. The van der Waals surface area contributed by atoms with Gasteiger partial charge in [0.2, 0.25) is 0 Å². The number of fused-ring (bicyclic) bond motifs is 1. The SMILES string of the molecule is Oc1c([C@@H](c2ccccc2Cl)N2CCCCC2)ccc2cccnc12. The summed E-state index contributed by atoms with van der Waals surface area (Å²) in [6.45, 7) is 2.02. The van der Waals surface area contributed by atoms with E-state index in [1.807, 2.05) is 42.5 Å². The van der Waals surface area contributed by atoms with Crippen LogP contribution in [-0.2, 0) is 0 Å². The molecule has 0 unspecified atom stereocenters. The molecule has 0 amide bonds. The first-order valence-corrected chi connectivity index (χ1v) is 9.18. The highest BCUT2D eigenvalue weighted by atomic mass is 35.5. The Labute approximate surface area is 152 Å². The first kappa shape index (κ1) is 16.4. The largest absolute Gasteiger partial charge is 0.505 e. The van der Waals surface area contributed by atoms with Gasteiger partial charge in [0.15, 0.2) is 0 Å². The molecule has 4 heteroatoms. The molecular weight excluding hydrogens is 332 g/mol. The van der Waals surface area contributed by atoms with E-state index in [-0.39, 0.29) is 11.8 Å². The number of benzene rings is 2. The van der Waals surface area contributed by atoms with Gasteiger partial charge in [-0.1, -0.05) is 54.4 Å². The van der Waals surface area contributed by atoms with Gasteiger partial charge in [-0.15, -0.1) is 0 Å². The van der Waals surface area contributed by atoms with Gasteiger partial charge in [0, 0.05) is 22.2 Å². The number of phenols is 1. The lowest BCUT2D eigenvalue weighted by atomic mass is 9.93. The van der Waals surface area contributed by atoms with Crippen LogP contribution in [0.5, 0.6) is 5.75 Å². The third-order valence-electron chi connectivity index (χ3n) is 5.03. The van der Waals surface area contributed by atoms with Gasteiger partial charge >= 0.3 is 0 Å². The molecular formula is C21H21ClN2O. The molecule has 1 aliphatic heterocycles. The van der Waals surface area contributed by atoms with E-state index in [1.54, 1.807) is 6.20 Å². The van der Waals surface area contributed by atoms with Crippen molar-refractivity contribution in [2.24, 2.45) is 0 Å². The van der Waals surface area contributed by atoms with E-state index < -0.39 is 0 Å².